The number of allylic oxidation sites excluding steroid dienone is 1. The molecule has 3 heteroatoms. The number of aliphatic hydroxyl groups excluding tert-OH is 1. The summed E-state index contributed by atoms with van der Waals surface area (Å²) < 4.78 is 0. The third kappa shape index (κ3) is 2.64. The molecule has 0 spiro atoms. The zero-order chi connectivity index (χ0) is 9.84. The third-order valence-corrected chi connectivity index (χ3v) is 2.35. The maximum Gasteiger partial charge on any atom is 0.118 e. The van der Waals surface area contributed by atoms with Crippen LogP contribution in [0.2, 0.25) is 10.0 Å². The van der Waals surface area contributed by atoms with Gasteiger partial charge in [0.25, 0.3) is 0 Å². The molecule has 0 amide bonds. The van der Waals surface area contributed by atoms with Crippen LogP contribution in [0.25, 0.3) is 5.76 Å². The van der Waals surface area contributed by atoms with Gasteiger partial charge in [0.05, 0.1) is 10.0 Å². The summed E-state index contributed by atoms with van der Waals surface area (Å²) in [6, 6.07) is 5.04. The highest BCUT2D eigenvalue weighted by Gasteiger charge is 2.01. The van der Waals surface area contributed by atoms with Gasteiger partial charge in [-0.25, -0.2) is 0 Å². The Hall–Kier alpha value is -0.660. The highest BCUT2D eigenvalue weighted by molar-refractivity contribution is 6.42. The van der Waals surface area contributed by atoms with E-state index in [0.717, 1.165) is 6.42 Å². The van der Waals surface area contributed by atoms with E-state index in [4.69, 9.17) is 23.2 Å². The van der Waals surface area contributed by atoms with Gasteiger partial charge in [-0.05, 0) is 30.7 Å². The van der Waals surface area contributed by atoms with Gasteiger partial charge in [-0.2, -0.15) is 0 Å². The third-order valence-electron chi connectivity index (χ3n) is 1.61. The quantitative estimate of drug-likeness (QED) is 0.732. The summed E-state index contributed by atoms with van der Waals surface area (Å²) >= 11 is 11.5. The lowest BCUT2D eigenvalue weighted by molar-refractivity contribution is 0.509. The number of hydrogen-bond acceptors (Lipinski definition) is 1. The molecule has 0 atom stereocenters. The first-order valence-corrected chi connectivity index (χ1v) is 4.75. The molecule has 1 rings (SSSR count). The largest absolute Gasteiger partial charge is 0.508 e. The van der Waals surface area contributed by atoms with Crippen LogP contribution in [-0.4, -0.2) is 5.11 Å². The predicted octanol–water partition coefficient (Wildman–Crippen LogP) is 4.30. The molecule has 1 aromatic carbocycles. The fourth-order valence-corrected chi connectivity index (χ4v) is 1.26. The van der Waals surface area contributed by atoms with Crippen molar-refractivity contribution >= 4 is 29.0 Å². The Balaban J connectivity index is 3.04. The summed E-state index contributed by atoms with van der Waals surface area (Å²) in [5, 5.41) is 10.4. The van der Waals surface area contributed by atoms with E-state index in [1.54, 1.807) is 24.3 Å². The van der Waals surface area contributed by atoms with Gasteiger partial charge in [0, 0.05) is 5.56 Å². The Bertz CT molecular complexity index is 332. The highest BCUT2D eigenvalue weighted by Crippen LogP contribution is 2.25. The fraction of sp³-hybridized carbons (Fsp3) is 0.200. The summed E-state index contributed by atoms with van der Waals surface area (Å²) in [5.41, 5.74) is 0.691. The average Bonchev–Trinajstić information content (AvgIpc) is 2.10. The Labute approximate surface area is 87.6 Å². The predicted molar refractivity (Wildman–Crippen MR) is 57.4 cm³/mol. The first kappa shape index (κ1) is 10.4. The van der Waals surface area contributed by atoms with Crippen molar-refractivity contribution in [3.05, 3.63) is 39.9 Å². The average molecular weight is 217 g/mol. The molecule has 0 unspecified atom stereocenters. The molecule has 0 aromatic heterocycles. The Morgan fingerprint density at radius 1 is 1.38 bits per heavy atom. The minimum Gasteiger partial charge on any atom is -0.508 e. The second-order valence-electron chi connectivity index (χ2n) is 2.63. The summed E-state index contributed by atoms with van der Waals surface area (Å²) in [5.74, 6) is 0.237. The first-order valence-electron chi connectivity index (χ1n) is 3.99. The van der Waals surface area contributed by atoms with Crippen molar-refractivity contribution in [2.75, 3.05) is 0 Å². The van der Waals surface area contributed by atoms with E-state index >= 15 is 0 Å². The molecule has 0 bridgehead atoms. The van der Waals surface area contributed by atoms with Crippen LogP contribution in [0.1, 0.15) is 18.9 Å². The van der Waals surface area contributed by atoms with Crippen molar-refractivity contribution < 1.29 is 5.11 Å². The molecule has 0 saturated carbocycles. The van der Waals surface area contributed by atoms with Crippen LogP contribution in [-0.2, 0) is 0 Å². The van der Waals surface area contributed by atoms with E-state index in [-0.39, 0.29) is 5.76 Å². The molecule has 0 aliphatic carbocycles. The molecule has 1 N–H and O–H groups in total. The van der Waals surface area contributed by atoms with Crippen molar-refractivity contribution in [3.8, 4) is 0 Å². The van der Waals surface area contributed by atoms with Crippen LogP contribution in [0.4, 0.5) is 0 Å². The van der Waals surface area contributed by atoms with Gasteiger partial charge in [0.2, 0.25) is 0 Å². The van der Waals surface area contributed by atoms with Gasteiger partial charge in [-0.15, -0.1) is 0 Å². The van der Waals surface area contributed by atoms with Crippen LogP contribution in [0.5, 0.6) is 0 Å². The fourth-order valence-electron chi connectivity index (χ4n) is 0.967. The van der Waals surface area contributed by atoms with Crippen molar-refractivity contribution in [3.63, 3.8) is 0 Å². The highest BCUT2D eigenvalue weighted by atomic mass is 35.5. The monoisotopic (exact) mass is 216 g/mol. The van der Waals surface area contributed by atoms with E-state index in [9.17, 15) is 5.11 Å². The zero-order valence-electron chi connectivity index (χ0n) is 7.22. The lowest BCUT2D eigenvalue weighted by Gasteiger charge is -2.01. The molecule has 0 fully saturated rings. The summed E-state index contributed by atoms with van der Waals surface area (Å²) in [7, 11) is 0. The molecule has 0 aliphatic rings. The van der Waals surface area contributed by atoms with Gasteiger partial charge in [0.15, 0.2) is 0 Å². The molecule has 1 nitrogen and oxygen atoms in total. The molecule has 0 radical (unpaired) electrons. The number of rotatable bonds is 2. The van der Waals surface area contributed by atoms with E-state index in [2.05, 4.69) is 0 Å². The number of hydrogen-bond donors (Lipinski definition) is 1. The van der Waals surface area contributed by atoms with Crippen molar-refractivity contribution in [1.82, 2.24) is 0 Å². The molecule has 13 heavy (non-hydrogen) atoms. The van der Waals surface area contributed by atoms with Gasteiger partial charge in [0.1, 0.15) is 5.76 Å². The molecule has 0 aliphatic heterocycles. The Morgan fingerprint density at radius 3 is 2.62 bits per heavy atom. The second-order valence-corrected chi connectivity index (χ2v) is 3.44. The minimum atomic E-state index is 0.237. The normalized spacial score (nSPS) is 11.8. The van der Waals surface area contributed by atoms with Crippen LogP contribution in [0.15, 0.2) is 24.3 Å². The summed E-state index contributed by atoms with van der Waals surface area (Å²) in [6.07, 6.45) is 2.51. The number of benzene rings is 1. The van der Waals surface area contributed by atoms with Crippen LogP contribution in [0, 0.1) is 0 Å². The van der Waals surface area contributed by atoms with Gasteiger partial charge >= 0.3 is 0 Å². The van der Waals surface area contributed by atoms with Crippen LogP contribution in [0.3, 0.4) is 0 Å². The Morgan fingerprint density at radius 2 is 2.08 bits per heavy atom. The van der Waals surface area contributed by atoms with Crippen LogP contribution >= 0.6 is 23.2 Å². The molecule has 0 heterocycles. The van der Waals surface area contributed by atoms with E-state index in [0.29, 0.717) is 15.6 Å². The van der Waals surface area contributed by atoms with E-state index < -0.39 is 0 Å². The lowest BCUT2D eigenvalue weighted by atomic mass is 10.1. The lowest BCUT2D eigenvalue weighted by Crippen LogP contribution is -1.82. The van der Waals surface area contributed by atoms with Crippen molar-refractivity contribution in [2.45, 2.75) is 13.3 Å². The summed E-state index contributed by atoms with van der Waals surface area (Å²) in [4.78, 5) is 0. The SMILES string of the molecule is CCC=C(O)c1ccc(Cl)c(Cl)c1. The molecule has 1 aromatic rings. The van der Waals surface area contributed by atoms with Crippen molar-refractivity contribution in [1.29, 1.82) is 0 Å². The van der Waals surface area contributed by atoms with Gasteiger partial charge in [-0.3, -0.25) is 0 Å². The number of halogens is 2. The maximum absolute atomic E-state index is 9.50. The zero-order valence-corrected chi connectivity index (χ0v) is 8.73. The molecular weight excluding hydrogens is 207 g/mol. The minimum absolute atomic E-state index is 0.237. The first-order chi connectivity index (χ1) is 6.15. The Kier molecular flexibility index (Phi) is 3.64. The van der Waals surface area contributed by atoms with Crippen LogP contribution < -0.4 is 0 Å². The van der Waals surface area contributed by atoms with E-state index in [1.165, 1.54) is 0 Å². The smallest absolute Gasteiger partial charge is 0.118 e. The number of aliphatic hydroxyl groups is 1. The molecule has 70 valence electrons. The van der Waals surface area contributed by atoms with E-state index in [1.807, 2.05) is 6.92 Å². The standard InChI is InChI=1S/C10H10Cl2O/c1-2-3-10(13)7-4-5-8(11)9(12)6-7/h3-6,13H,2H2,1H3. The van der Waals surface area contributed by atoms with Gasteiger partial charge < -0.3 is 5.11 Å². The molecule has 0 saturated heterocycles. The topological polar surface area (TPSA) is 20.2 Å². The maximum atomic E-state index is 9.50. The summed E-state index contributed by atoms with van der Waals surface area (Å²) in [6.45, 7) is 1.95. The molecular formula is C10H10Cl2O. The van der Waals surface area contributed by atoms with Crippen molar-refractivity contribution in [2.24, 2.45) is 0 Å². The van der Waals surface area contributed by atoms with Gasteiger partial charge in [-0.1, -0.05) is 30.1 Å². The second kappa shape index (κ2) is 4.54.